The molecule has 0 saturated carbocycles. The van der Waals surface area contributed by atoms with Crippen molar-refractivity contribution in [2.24, 2.45) is 0 Å². The van der Waals surface area contributed by atoms with Gasteiger partial charge in [0.1, 0.15) is 4.90 Å². The van der Waals surface area contributed by atoms with Crippen molar-refractivity contribution >= 4 is 21.4 Å². The molecule has 0 unspecified atom stereocenters. The van der Waals surface area contributed by atoms with Crippen molar-refractivity contribution in [1.82, 2.24) is 0 Å². The lowest BCUT2D eigenvalue weighted by atomic mass is 10.3. The molecule has 0 aromatic heterocycles. The number of hydrogen-bond donors (Lipinski definition) is 0. The molecule has 0 heterocycles. The number of ether oxygens (including phenoxy) is 1. The average molecular weight is 220 g/mol. The Labute approximate surface area is 82.2 Å². The van der Waals surface area contributed by atoms with Crippen LogP contribution >= 0.6 is 11.6 Å². The second kappa shape index (κ2) is 3.55. The van der Waals surface area contributed by atoms with Gasteiger partial charge in [-0.2, -0.15) is 0 Å². The summed E-state index contributed by atoms with van der Waals surface area (Å²) in [6.45, 7) is 0. The maximum atomic E-state index is 11.2. The molecule has 0 fully saturated rings. The first-order valence-electron chi connectivity index (χ1n) is 3.41. The molecule has 1 aromatic rings. The summed E-state index contributed by atoms with van der Waals surface area (Å²) in [4.78, 5) is 0.0822. The number of benzene rings is 1. The molecule has 71 valence electrons. The first-order valence-corrected chi connectivity index (χ1v) is 5.68. The Balaban J connectivity index is 3.47. The summed E-state index contributed by atoms with van der Waals surface area (Å²) < 4.78 is 27.3. The summed E-state index contributed by atoms with van der Waals surface area (Å²) in [5.41, 5.74) is 0. The highest BCUT2D eigenvalue weighted by molar-refractivity contribution is 7.90. The maximum absolute atomic E-state index is 11.2. The molecule has 0 amide bonds. The van der Waals surface area contributed by atoms with Crippen molar-refractivity contribution in [3.8, 4) is 5.75 Å². The van der Waals surface area contributed by atoms with Gasteiger partial charge in [0.25, 0.3) is 0 Å². The summed E-state index contributed by atoms with van der Waals surface area (Å²) in [6.07, 6.45) is 1.10. The van der Waals surface area contributed by atoms with Gasteiger partial charge in [-0.25, -0.2) is 8.42 Å². The normalized spacial score (nSPS) is 11.3. The van der Waals surface area contributed by atoms with Crippen LogP contribution in [-0.4, -0.2) is 21.8 Å². The minimum atomic E-state index is -3.30. The van der Waals surface area contributed by atoms with Crippen molar-refractivity contribution in [2.45, 2.75) is 4.90 Å². The monoisotopic (exact) mass is 219 g/mol. The molecule has 5 heteroatoms. The number of sulfone groups is 1. The predicted octanol–water partition coefficient (Wildman–Crippen LogP) is 1.55. The van der Waals surface area contributed by atoms with Crippen LogP contribution in [0.2, 0.25) is 5.02 Å². The van der Waals surface area contributed by atoms with Gasteiger partial charge < -0.3 is 4.74 Å². The molecule has 0 atom stereocenters. The van der Waals surface area contributed by atoms with Gasteiger partial charge in [0, 0.05) is 12.3 Å². The van der Waals surface area contributed by atoms with Crippen molar-refractivity contribution in [3.63, 3.8) is 0 Å². The molecule has 0 aliphatic rings. The third-order valence-electron chi connectivity index (χ3n) is 1.47. The fraction of sp³-hybridized carbons (Fsp3) is 0.250. The topological polar surface area (TPSA) is 43.4 Å². The van der Waals surface area contributed by atoms with E-state index in [1.54, 1.807) is 0 Å². The smallest absolute Gasteiger partial charge is 0.179 e. The Morgan fingerprint density at radius 2 is 2.15 bits per heavy atom. The van der Waals surface area contributed by atoms with Gasteiger partial charge in [0.05, 0.1) is 12.1 Å². The van der Waals surface area contributed by atoms with Crippen LogP contribution in [0.25, 0.3) is 0 Å². The standard InChI is InChI=1S/C8H8ClO3S/c1-12-8-6(9)4-3-5-7(8)13(2,10)11/h3,5H,1-2H3. The van der Waals surface area contributed by atoms with Crippen molar-refractivity contribution in [3.05, 3.63) is 23.2 Å². The highest BCUT2D eigenvalue weighted by Gasteiger charge is 2.16. The first kappa shape index (κ1) is 10.3. The summed E-state index contributed by atoms with van der Waals surface area (Å²) >= 11 is 5.69. The van der Waals surface area contributed by atoms with Gasteiger partial charge in [-0.1, -0.05) is 17.7 Å². The molecule has 0 aliphatic heterocycles. The summed E-state index contributed by atoms with van der Waals surface area (Å²) in [7, 11) is -1.93. The molecule has 0 aliphatic carbocycles. The quantitative estimate of drug-likeness (QED) is 0.758. The van der Waals surface area contributed by atoms with E-state index in [-0.39, 0.29) is 15.7 Å². The van der Waals surface area contributed by atoms with E-state index < -0.39 is 9.84 Å². The Bertz CT molecular complexity index is 411. The Kier molecular flexibility index (Phi) is 2.83. The number of hydrogen-bond acceptors (Lipinski definition) is 3. The molecule has 0 saturated heterocycles. The van der Waals surface area contributed by atoms with Crippen LogP contribution in [0.3, 0.4) is 0 Å². The zero-order valence-corrected chi connectivity index (χ0v) is 8.74. The first-order chi connectivity index (χ1) is 5.96. The average Bonchev–Trinajstić information content (AvgIpc) is 2.02. The van der Waals surface area contributed by atoms with Crippen LogP contribution in [0.15, 0.2) is 17.0 Å². The van der Waals surface area contributed by atoms with E-state index in [1.807, 2.05) is 0 Å². The van der Waals surface area contributed by atoms with Gasteiger partial charge in [-0.15, -0.1) is 0 Å². The van der Waals surface area contributed by atoms with E-state index in [9.17, 15) is 8.42 Å². The van der Waals surface area contributed by atoms with Crippen molar-refractivity contribution < 1.29 is 13.2 Å². The fourth-order valence-electron chi connectivity index (χ4n) is 0.922. The Morgan fingerprint density at radius 1 is 1.54 bits per heavy atom. The Morgan fingerprint density at radius 3 is 2.54 bits per heavy atom. The van der Waals surface area contributed by atoms with E-state index in [2.05, 4.69) is 6.07 Å². The molecule has 3 nitrogen and oxygen atoms in total. The van der Waals surface area contributed by atoms with Crippen LogP contribution in [0.4, 0.5) is 0 Å². The summed E-state index contributed by atoms with van der Waals surface area (Å²) in [6, 6.07) is 5.49. The number of halogens is 1. The molecule has 1 rings (SSSR count). The van der Waals surface area contributed by atoms with Gasteiger partial charge in [0.2, 0.25) is 0 Å². The second-order valence-electron chi connectivity index (χ2n) is 2.46. The maximum Gasteiger partial charge on any atom is 0.179 e. The van der Waals surface area contributed by atoms with E-state index >= 15 is 0 Å². The molecule has 0 N–H and O–H groups in total. The molecule has 0 spiro atoms. The van der Waals surface area contributed by atoms with Crippen molar-refractivity contribution in [1.29, 1.82) is 0 Å². The van der Waals surface area contributed by atoms with Crippen LogP contribution < -0.4 is 4.74 Å². The lowest BCUT2D eigenvalue weighted by Crippen LogP contribution is -2.00. The zero-order valence-electron chi connectivity index (χ0n) is 7.17. The van der Waals surface area contributed by atoms with E-state index in [0.717, 1.165) is 6.26 Å². The molecular formula is C8H8ClO3S. The van der Waals surface area contributed by atoms with Gasteiger partial charge >= 0.3 is 0 Å². The van der Waals surface area contributed by atoms with Gasteiger partial charge in [-0.3, -0.25) is 0 Å². The van der Waals surface area contributed by atoms with E-state index in [1.165, 1.54) is 19.2 Å². The lowest BCUT2D eigenvalue weighted by Gasteiger charge is -2.07. The summed E-state index contributed by atoms with van der Waals surface area (Å²) in [5, 5.41) is 0.172. The number of rotatable bonds is 2. The molecule has 13 heavy (non-hydrogen) atoms. The molecule has 0 bridgehead atoms. The Hall–Kier alpha value is -0.740. The van der Waals surface area contributed by atoms with Gasteiger partial charge in [-0.05, 0) is 6.07 Å². The van der Waals surface area contributed by atoms with Crippen LogP contribution in [-0.2, 0) is 9.84 Å². The van der Waals surface area contributed by atoms with Crippen LogP contribution in [0.1, 0.15) is 0 Å². The molecular weight excluding hydrogens is 212 g/mol. The minimum absolute atomic E-state index is 0.0822. The largest absolute Gasteiger partial charge is 0.494 e. The predicted molar refractivity (Wildman–Crippen MR) is 49.9 cm³/mol. The fourth-order valence-corrected chi connectivity index (χ4v) is 2.06. The number of methoxy groups -OCH3 is 1. The van der Waals surface area contributed by atoms with Gasteiger partial charge in [0.15, 0.2) is 15.6 Å². The lowest BCUT2D eigenvalue weighted by molar-refractivity contribution is 0.403. The highest BCUT2D eigenvalue weighted by atomic mass is 35.5. The zero-order chi connectivity index (χ0) is 10.1. The summed E-state index contributed by atoms with van der Waals surface area (Å²) in [5.74, 6) is 0.145. The van der Waals surface area contributed by atoms with E-state index in [0.29, 0.717) is 0 Å². The molecule has 1 radical (unpaired) electrons. The third kappa shape index (κ3) is 2.14. The van der Waals surface area contributed by atoms with Crippen LogP contribution in [0, 0.1) is 6.07 Å². The molecule has 1 aromatic carbocycles. The van der Waals surface area contributed by atoms with E-state index in [4.69, 9.17) is 16.3 Å². The third-order valence-corrected chi connectivity index (χ3v) is 2.87. The van der Waals surface area contributed by atoms with Crippen LogP contribution in [0.5, 0.6) is 5.75 Å². The highest BCUT2D eigenvalue weighted by Crippen LogP contribution is 2.30. The SMILES string of the molecule is COc1c(Cl)[c]ccc1S(C)(=O)=O. The van der Waals surface area contributed by atoms with Crippen molar-refractivity contribution in [2.75, 3.05) is 13.4 Å². The minimum Gasteiger partial charge on any atom is -0.494 e. The second-order valence-corrected chi connectivity index (χ2v) is 4.82.